The van der Waals surface area contributed by atoms with Crippen molar-refractivity contribution in [2.75, 3.05) is 19.5 Å². The maximum atomic E-state index is 11.9. The zero-order valence-corrected chi connectivity index (χ0v) is 10.1. The van der Waals surface area contributed by atoms with Gasteiger partial charge in [-0.2, -0.15) is 0 Å². The molecule has 0 amide bonds. The lowest BCUT2D eigenvalue weighted by Gasteiger charge is -2.10. The maximum absolute atomic E-state index is 11.9. The molecule has 0 radical (unpaired) electrons. The van der Waals surface area contributed by atoms with Crippen LogP contribution >= 0.6 is 11.8 Å². The lowest BCUT2D eigenvalue weighted by atomic mass is 10.1. The van der Waals surface area contributed by atoms with Crippen LogP contribution < -0.4 is 5.32 Å². The van der Waals surface area contributed by atoms with E-state index in [4.69, 9.17) is 0 Å². The van der Waals surface area contributed by atoms with E-state index in [1.165, 1.54) is 10.5 Å². The van der Waals surface area contributed by atoms with Gasteiger partial charge in [0.1, 0.15) is 0 Å². The van der Waals surface area contributed by atoms with E-state index in [1.807, 2.05) is 7.05 Å². The average molecular weight is 227 g/mol. The fourth-order valence-electron chi connectivity index (χ4n) is 1.26. The third-order valence-corrected chi connectivity index (χ3v) is 3.46. The third kappa shape index (κ3) is 4.22. The molecule has 1 rings (SSSR count). The van der Waals surface area contributed by atoms with Crippen molar-refractivity contribution in [1.29, 1.82) is 0 Å². The van der Waals surface area contributed by atoms with Crippen LogP contribution in [0, 0.1) is 0 Å². The highest BCUT2D eigenvalue weighted by Gasteiger charge is 2.01. The van der Waals surface area contributed by atoms with Gasteiger partial charge in [0.2, 0.25) is 0 Å². The van der Waals surface area contributed by atoms with Crippen molar-refractivity contribution in [2.24, 2.45) is 0 Å². The highest BCUT2D eigenvalue weighted by molar-refractivity contribution is 7.99. The second-order valence-corrected chi connectivity index (χ2v) is 4.64. The summed E-state index contributed by atoms with van der Waals surface area (Å²) in [6.45, 7) is 1.91. The standard InChI is InChI=1S/C12H18FNS/c1-10(14-2)11-4-6-12(7-5-11)15-9-3-8-13/h4-7,10,14H,3,8-9H2,1-2H3. The second kappa shape index (κ2) is 6.85. The molecule has 0 fully saturated rings. The van der Waals surface area contributed by atoms with Crippen molar-refractivity contribution in [3.63, 3.8) is 0 Å². The summed E-state index contributed by atoms with van der Waals surface area (Å²) >= 11 is 1.71. The molecular formula is C12H18FNS. The zero-order chi connectivity index (χ0) is 11.1. The summed E-state index contributed by atoms with van der Waals surface area (Å²) in [4.78, 5) is 1.22. The van der Waals surface area contributed by atoms with Gasteiger partial charge in [-0.15, -0.1) is 11.8 Å². The minimum atomic E-state index is -0.220. The van der Waals surface area contributed by atoms with Gasteiger partial charge < -0.3 is 5.32 Å². The summed E-state index contributed by atoms with van der Waals surface area (Å²) in [6.07, 6.45) is 0.638. The Bertz CT molecular complexity index is 273. The topological polar surface area (TPSA) is 12.0 Å². The van der Waals surface area contributed by atoms with E-state index in [9.17, 15) is 4.39 Å². The Morgan fingerprint density at radius 3 is 2.53 bits per heavy atom. The fourth-order valence-corrected chi connectivity index (χ4v) is 2.08. The molecule has 84 valence electrons. The Balaban J connectivity index is 2.49. The van der Waals surface area contributed by atoms with Crippen LogP contribution in [0.15, 0.2) is 29.2 Å². The molecule has 0 aliphatic heterocycles. The van der Waals surface area contributed by atoms with Gasteiger partial charge in [0.05, 0.1) is 6.67 Å². The fraction of sp³-hybridized carbons (Fsp3) is 0.500. The van der Waals surface area contributed by atoms with Crippen molar-refractivity contribution in [3.05, 3.63) is 29.8 Å². The van der Waals surface area contributed by atoms with Crippen LogP contribution in [0.1, 0.15) is 24.9 Å². The van der Waals surface area contributed by atoms with Crippen LogP contribution in [0.3, 0.4) is 0 Å². The van der Waals surface area contributed by atoms with Crippen molar-refractivity contribution >= 4 is 11.8 Å². The molecule has 0 bridgehead atoms. The van der Waals surface area contributed by atoms with E-state index in [0.29, 0.717) is 12.5 Å². The molecule has 1 atom stereocenters. The Kier molecular flexibility index (Phi) is 5.73. The molecule has 1 unspecified atom stereocenters. The van der Waals surface area contributed by atoms with Crippen molar-refractivity contribution in [1.82, 2.24) is 5.32 Å². The number of thioether (sulfide) groups is 1. The van der Waals surface area contributed by atoms with E-state index in [-0.39, 0.29) is 6.67 Å². The van der Waals surface area contributed by atoms with Crippen LogP contribution in [0.2, 0.25) is 0 Å². The predicted molar refractivity (Wildman–Crippen MR) is 65.2 cm³/mol. The van der Waals surface area contributed by atoms with Gasteiger partial charge in [-0.3, -0.25) is 4.39 Å². The molecule has 3 heteroatoms. The number of halogens is 1. The first kappa shape index (κ1) is 12.5. The van der Waals surface area contributed by atoms with E-state index in [0.717, 1.165) is 5.75 Å². The average Bonchev–Trinajstić information content (AvgIpc) is 2.29. The van der Waals surface area contributed by atoms with Gasteiger partial charge in [-0.05, 0) is 38.1 Å². The molecule has 1 N–H and O–H groups in total. The SMILES string of the molecule is CNC(C)c1ccc(SCCCF)cc1. The minimum Gasteiger partial charge on any atom is -0.313 e. The number of rotatable bonds is 6. The molecule has 0 heterocycles. The Morgan fingerprint density at radius 2 is 2.00 bits per heavy atom. The van der Waals surface area contributed by atoms with Crippen LogP contribution in [0.4, 0.5) is 4.39 Å². The highest BCUT2D eigenvalue weighted by Crippen LogP contribution is 2.21. The van der Waals surface area contributed by atoms with Gasteiger partial charge in [-0.1, -0.05) is 12.1 Å². The minimum absolute atomic E-state index is 0.220. The molecule has 1 aromatic rings. The third-order valence-electron chi connectivity index (χ3n) is 2.36. The Hall–Kier alpha value is -0.540. The lowest BCUT2D eigenvalue weighted by molar-refractivity contribution is 0.489. The Labute approximate surface area is 95.5 Å². The molecule has 0 saturated carbocycles. The molecule has 0 aromatic heterocycles. The summed E-state index contributed by atoms with van der Waals surface area (Å²) < 4.78 is 11.9. The molecule has 15 heavy (non-hydrogen) atoms. The zero-order valence-electron chi connectivity index (χ0n) is 9.29. The number of hydrogen-bond donors (Lipinski definition) is 1. The molecule has 0 spiro atoms. The molecule has 1 aromatic carbocycles. The number of alkyl halides is 1. The van der Waals surface area contributed by atoms with E-state index >= 15 is 0 Å². The first-order valence-corrected chi connectivity index (χ1v) is 6.22. The van der Waals surface area contributed by atoms with Gasteiger partial charge in [0, 0.05) is 16.7 Å². The van der Waals surface area contributed by atoms with Crippen LogP contribution in [-0.4, -0.2) is 19.5 Å². The summed E-state index contributed by atoms with van der Waals surface area (Å²) in [5, 5.41) is 3.20. The van der Waals surface area contributed by atoms with Crippen molar-refractivity contribution in [3.8, 4) is 0 Å². The van der Waals surface area contributed by atoms with Crippen molar-refractivity contribution < 1.29 is 4.39 Å². The van der Waals surface area contributed by atoms with Crippen molar-refractivity contribution in [2.45, 2.75) is 24.3 Å². The van der Waals surface area contributed by atoms with Gasteiger partial charge in [0.25, 0.3) is 0 Å². The largest absolute Gasteiger partial charge is 0.313 e. The molecule has 0 aliphatic rings. The number of nitrogens with one attached hydrogen (secondary N) is 1. The van der Waals surface area contributed by atoms with Crippen LogP contribution in [-0.2, 0) is 0 Å². The van der Waals surface area contributed by atoms with Crippen LogP contribution in [0.25, 0.3) is 0 Å². The summed E-state index contributed by atoms with van der Waals surface area (Å²) in [6, 6.07) is 8.84. The first-order valence-electron chi connectivity index (χ1n) is 5.24. The van der Waals surface area contributed by atoms with Gasteiger partial charge in [0.15, 0.2) is 0 Å². The highest BCUT2D eigenvalue weighted by atomic mass is 32.2. The molecule has 1 nitrogen and oxygen atoms in total. The van der Waals surface area contributed by atoms with E-state index in [1.54, 1.807) is 11.8 Å². The monoisotopic (exact) mass is 227 g/mol. The second-order valence-electron chi connectivity index (χ2n) is 3.47. The first-order chi connectivity index (χ1) is 7.27. The molecular weight excluding hydrogens is 209 g/mol. The normalized spacial score (nSPS) is 12.7. The quantitative estimate of drug-likeness (QED) is 0.590. The van der Waals surface area contributed by atoms with E-state index < -0.39 is 0 Å². The summed E-state index contributed by atoms with van der Waals surface area (Å²) in [5.74, 6) is 0.859. The lowest BCUT2D eigenvalue weighted by Crippen LogP contribution is -2.11. The van der Waals surface area contributed by atoms with Gasteiger partial charge in [-0.25, -0.2) is 0 Å². The summed E-state index contributed by atoms with van der Waals surface area (Å²) in [7, 11) is 1.95. The summed E-state index contributed by atoms with van der Waals surface area (Å²) in [5.41, 5.74) is 1.28. The molecule has 0 saturated heterocycles. The van der Waals surface area contributed by atoms with Gasteiger partial charge >= 0.3 is 0 Å². The predicted octanol–water partition coefficient (Wildman–Crippen LogP) is 3.42. The smallest absolute Gasteiger partial charge is 0.0902 e. The number of benzene rings is 1. The van der Waals surface area contributed by atoms with E-state index in [2.05, 4.69) is 36.5 Å². The van der Waals surface area contributed by atoms with Crippen LogP contribution in [0.5, 0.6) is 0 Å². The molecule has 0 aliphatic carbocycles. The Morgan fingerprint density at radius 1 is 1.33 bits per heavy atom. The number of hydrogen-bond acceptors (Lipinski definition) is 2. The maximum Gasteiger partial charge on any atom is 0.0902 e.